The van der Waals surface area contributed by atoms with Gasteiger partial charge < -0.3 is 5.11 Å². The molecule has 1 aliphatic rings. The summed E-state index contributed by atoms with van der Waals surface area (Å²) in [5.41, 5.74) is 5.99. The van der Waals surface area contributed by atoms with Crippen LogP contribution in [0.2, 0.25) is 0 Å². The van der Waals surface area contributed by atoms with Crippen molar-refractivity contribution in [2.45, 2.75) is 32.8 Å². The van der Waals surface area contributed by atoms with Crippen LogP contribution in [0.15, 0.2) is 48.5 Å². The molecule has 3 rings (SSSR count). The van der Waals surface area contributed by atoms with Gasteiger partial charge in [0.2, 0.25) is 0 Å². The molecule has 2 nitrogen and oxygen atoms in total. The van der Waals surface area contributed by atoms with E-state index in [1.807, 2.05) is 50.2 Å². The highest BCUT2D eigenvalue weighted by molar-refractivity contribution is 6.08. The van der Waals surface area contributed by atoms with Gasteiger partial charge in [0.05, 0.1) is 6.10 Å². The maximum Gasteiger partial charge on any atom is 0.186 e. The van der Waals surface area contributed by atoms with Crippen LogP contribution in [0.25, 0.3) is 5.57 Å². The first-order valence-corrected chi connectivity index (χ1v) is 7.65. The Morgan fingerprint density at radius 3 is 2.77 bits per heavy atom. The number of allylic oxidation sites excluding steroid dienone is 2. The Bertz CT molecular complexity index is 756. The second-order valence-electron chi connectivity index (χ2n) is 6.03. The van der Waals surface area contributed by atoms with Gasteiger partial charge in [-0.15, -0.1) is 0 Å². The van der Waals surface area contributed by atoms with E-state index in [9.17, 15) is 9.90 Å². The van der Waals surface area contributed by atoms with Gasteiger partial charge in [0.1, 0.15) is 0 Å². The van der Waals surface area contributed by atoms with Crippen molar-refractivity contribution >= 4 is 11.4 Å². The molecule has 0 radical (unpaired) electrons. The molecule has 1 atom stereocenters. The SMILES string of the molecule is CC(=CC(=O)c1ccc2c(c1)CCC2O)c1cccc(C)c1. The molecular weight excluding hydrogens is 272 g/mol. The lowest BCUT2D eigenvalue weighted by Gasteiger charge is -2.06. The zero-order chi connectivity index (χ0) is 15.7. The monoisotopic (exact) mass is 292 g/mol. The number of ketones is 1. The summed E-state index contributed by atoms with van der Waals surface area (Å²) in [5, 5.41) is 9.83. The minimum absolute atomic E-state index is 0.0168. The number of benzene rings is 2. The van der Waals surface area contributed by atoms with Crippen molar-refractivity contribution in [1.29, 1.82) is 0 Å². The highest BCUT2D eigenvalue weighted by atomic mass is 16.3. The molecule has 0 bridgehead atoms. The Kier molecular flexibility index (Phi) is 3.95. The van der Waals surface area contributed by atoms with Gasteiger partial charge in [-0.3, -0.25) is 4.79 Å². The van der Waals surface area contributed by atoms with Crippen molar-refractivity contribution in [3.8, 4) is 0 Å². The molecule has 2 aromatic carbocycles. The van der Waals surface area contributed by atoms with Crippen molar-refractivity contribution in [1.82, 2.24) is 0 Å². The van der Waals surface area contributed by atoms with Crippen molar-refractivity contribution in [2.75, 3.05) is 0 Å². The first-order chi connectivity index (χ1) is 10.5. The summed E-state index contributed by atoms with van der Waals surface area (Å²) in [5.74, 6) is 0.0168. The predicted molar refractivity (Wildman–Crippen MR) is 88.9 cm³/mol. The Labute approximate surface area is 131 Å². The molecular formula is C20H20O2. The zero-order valence-electron chi connectivity index (χ0n) is 13.0. The zero-order valence-corrected chi connectivity index (χ0v) is 13.0. The number of fused-ring (bicyclic) bond motifs is 1. The second-order valence-corrected chi connectivity index (χ2v) is 6.03. The van der Waals surface area contributed by atoms with E-state index < -0.39 is 0 Å². The molecule has 22 heavy (non-hydrogen) atoms. The van der Waals surface area contributed by atoms with Gasteiger partial charge in [0.15, 0.2) is 5.78 Å². The van der Waals surface area contributed by atoms with Crippen LogP contribution in [-0.2, 0) is 6.42 Å². The summed E-state index contributed by atoms with van der Waals surface area (Å²) in [6.07, 6.45) is 2.93. The number of carbonyl (C=O) groups is 1. The Morgan fingerprint density at radius 2 is 2.00 bits per heavy atom. The summed E-state index contributed by atoms with van der Waals surface area (Å²) < 4.78 is 0. The van der Waals surface area contributed by atoms with E-state index in [0.717, 1.165) is 35.1 Å². The molecule has 0 saturated carbocycles. The van der Waals surface area contributed by atoms with Crippen LogP contribution in [0.1, 0.15) is 52.1 Å². The highest BCUT2D eigenvalue weighted by Gasteiger charge is 2.20. The number of hydrogen-bond acceptors (Lipinski definition) is 2. The number of carbonyl (C=O) groups excluding carboxylic acids is 1. The fourth-order valence-corrected chi connectivity index (χ4v) is 3.00. The summed E-state index contributed by atoms with van der Waals surface area (Å²) in [6.45, 7) is 4.01. The fraction of sp³-hybridized carbons (Fsp3) is 0.250. The highest BCUT2D eigenvalue weighted by Crippen LogP contribution is 2.31. The lowest BCUT2D eigenvalue weighted by Crippen LogP contribution is -1.98. The van der Waals surface area contributed by atoms with Crippen LogP contribution in [0.3, 0.4) is 0 Å². The summed E-state index contributed by atoms with van der Waals surface area (Å²) >= 11 is 0. The molecule has 0 amide bonds. The third-order valence-corrected chi connectivity index (χ3v) is 4.29. The van der Waals surface area contributed by atoms with Crippen LogP contribution >= 0.6 is 0 Å². The minimum atomic E-state index is -0.372. The molecule has 2 aromatic rings. The van der Waals surface area contributed by atoms with E-state index in [4.69, 9.17) is 0 Å². The number of aryl methyl sites for hydroxylation is 2. The molecule has 1 N–H and O–H groups in total. The van der Waals surface area contributed by atoms with Crippen LogP contribution < -0.4 is 0 Å². The van der Waals surface area contributed by atoms with Crippen molar-refractivity contribution in [2.24, 2.45) is 0 Å². The van der Waals surface area contributed by atoms with Gasteiger partial charge in [-0.05, 0) is 61.1 Å². The lowest BCUT2D eigenvalue weighted by molar-refractivity contribution is 0.104. The van der Waals surface area contributed by atoms with Gasteiger partial charge in [-0.2, -0.15) is 0 Å². The summed E-state index contributed by atoms with van der Waals surface area (Å²) in [6, 6.07) is 13.8. The largest absolute Gasteiger partial charge is 0.388 e. The van der Waals surface area contributed by atoms with Gasteiger partial charge >= 0.3 is 0 Å². The van der Waals surface area contributed by atoms with Crippen LogP contribution in [0, 0.1) is 6.92 Å². The van der Waals surface area contributed by atoms with E-state index >= 15 is 0 Å². The molecule has 0 heterocycles. The first-order valence-electron chi connectivity index (χ1n) is 7.65. The van der Waals surface area contributed by atoms with Crippen LogP contribution in [0.5, 0.6) is 0 Å². The third-order valence-electron chi connectivity index (χ3n) is 4.29. The number of aliphatic hydroxyl groups excluding tert-OH is 1. The predicted octanol–water partition coefficient (Wildman–Crippen LogP) is 4.26. The normalized spacial score (nSPS) is 17.4. The average Bonchev–Trinajstić information content (AvgIpc) is 2.88. The molecule has 0 aliphatic heterocycles. The van der Waals surface area contributed by atoms with E-state index in [2.05, 4.69) is 6.07 Å². The van der Waals surface area contributed by atoms with E-state index in [-0.39, 0.29) is 11.9 Å². The molecule has 0 spiro atoms. The number of aliphatic hydroxyl groups is 1. The van der Waals surface area contributed by atoms with Crippen LogP contribution in [0.4, 0.5) is 0 Å². The Morgan fingerprint density at radius 1 is 1.18 bits per heavy atom. The maximum absolute atomic E-state index is 12.5. The molecule has 112 valence electrons. The van der Waals surface area contributed by atoms with Gasteiger partial charge in [0, 0.05) is 5.56 Å². The Hall–Kier alpha value is -2.19. The smallest absolute Gasteiger partial charge is 0.186 e. The van der Waals surface area contributed by atoms with Crippen molar-refractivity contribution in [3.63, 3.8) is 0 Å². The van der Waals surface area contributed by atoms with Crippen molar-refractivity contribution in [3.05, 3.63) is 76.4 Å². The van der Waals surface area contributed by atoms with E-state index in [0.29, 0.717) is 5.56 Å². The molecule has 0 aromatic heterocycles. The van der Waals surface area contributed by atoms with Gasteiger partial charge in [-0.25, -0.2) is 0 Å². The van der Waals surface area contributed by atoms with Gasteiger partial charge in [-0.1, -0.05) is 42.0 Å². The molecule has 0 saturated heterocycles. The number of hydrogen-bond donors (Lipinski definition) is 1. The fourth-order valence-electron chi connectivity index (χ4n) is 3.00. The molecule has 1 aliphatic carbocycles. The first kappa shape index (κ1) is 14.7. The summed E-state index contributed by atoms with van der Waals surface area (Å²) in [4.78, 5) is 12.5. The quantitative estimate of drug-likeness (QED) is 0.678. The number of rotatable bonds is 3. The van der Waals surface area contributed by atoms with E-state index in [1.54, 1.807) is 6.08 Å². The molecule has 1 unspecified atom stereocenters. The molecule has 2 heteroatoms. The third kappa shape index (κ3) is 2.88. The Balaban J connectivity index is 1.87. The van der Waals surface area contributed by atoms with E-state index in [1.165, 1.54) is 5.56 Å². The lowest BCUT2D eigenvalue weighted by atomic mass is 9.99. The average molecular weight is 292 g/mol. The van der Waals surface area contributed by atoms with Crippen molar-refractivity contribution < 1.29 is 9.90 Å². The maximum atomic E-state index is 12.5. The summed E-state index contributed by atoms with van der Waals surface area (Å²) in [7, 11) is 0. The topological polar surface area (TPSA) is 37.3 Å². The van der Waals surface area contributed by atoms with Crippen LogP contribution in [-0.4, -0.2) is 10.9 Å². The minimum Gasteiger partial charge on any atom is -0.388 e. The standard InChI is InChI=1S/C20H20O2/c1-13-4-3-5-15(10-13)14(2)11-20(22)17-6-8-18-16(12-17)7-9-19(18)21/h3-6,8,10-12,19,21H,7,9H2,1-2H3. The molecule has 0 fully saturated rings. The second kappa shape index (κ2) is 5.90. The van der Waals surface area contributed by atoms with Gasteiger partial charge in [0.25, 0.3) is 0 Å².